The molecule has 7 nitrogen and oxygen atoms in total. The van der Waals surface area contributed by atoms with Crippen molar-refractivity contribution < 1.29 is 19.5 Å². The van der Waals surface area contributed by atoms with Crippen LogP contribution in [0.2, 0.25) is 10.0 Å². The average molecular weight is 540 g/mol. The van der Waals surface area contributed by atoms with E-state index in [-0.39, 0.29) is 24.7 Å². The molecule has 2 atom stereocenters. The molecule has 1 fully saturated rings. The Morgan fingerprint density at radius 2 is 1.78 bits per heavy atom. The fourth-order valence-electron chi connectivity index (χ4n) is 5.37. The number of nitrogens with one attached hydrogen (secondary N) is 1. The molecule has 37 heavy (non-hydrogen) atoms. The van der Waals surface area contributed by atoms with E-state index in [9.17, 15) is 14.7 Å². The first-order valence-electron chi connectivity index (χ1n) is 12.3. The summed E-state index contributed by atoms with van der Waals surface area (Å²) in [5.41, 5.74) is 4.97. The Hall–Kier alpha value is -2.97. The highest BCUT2D eigenvalue weighted by atomic mass is 35.5. The molecule has 1 saturated carbocycles. The Kier molecular flexibility index (Phi) is 7.76. The van der Waals surface area contributed by atoms with Crippen LogP contribution in [0.1, 0.15) is 64.8 Å². The molecule has 1 aromatic heterocycles. The SMILES string of the molecule is O=C(NOCc1ccccn1)[C@@H]1c2ccccc2C(=O)N(C2CCC(O)CC2)[C@H]1c1ccc(Cl)cc1Cl. The minimum Gasteiger partial charge on any atom is -0.393 e. The van der Waals surface area contributed by atoms with Crippen molar-refractivity contribution in [2.75, 3.05) is 0 Å². The summed E-state index contributed by atoms with van der Waals surface area (Å²) < 4.78 is 0. The van der Waals surface area contributed by atoms with Crippen LogP contribution in [0.5, 0.6) is 0 Å². The molecule has 192 valence electrons. The molecule has 1 aliphatic carbocycles. The molecule has 0 spiro atoms. The zero-order valence-electron chi connectivity index (χ0n) is 20.0. The van der Waals surface area contributed by atoms with Crippen molar-refractivity contribution in [2.24, 2.45) is 0 Å². The summed E-state index contributed by atoms with van der Waals surface area (Å²) in [5, 5.41) is 10.9. The standard InChI is InChI=1S/C28H27Cl2N3O4/c29-17-8-13-23(24(30)15-17)26-25(27(35)32-37-16-18-5-3-4-14-31-18)21-6-1-2-7-22(21)28(36)33(26)19-9-11-20(34)12-10-19/h1-8,13-15,19-20,25-26,34H,9-12,16H2,(H,32,35)/t19?,20?,25-,26+/m1/s1. The van der Waals surface area contributed by atoms with Crippen molar-refractivity contribution in [3.05, 3.63) is 99.3 Å². The predicted octanol–water partition coefficient (Wildman–Crippen LogP) is 5.22. The summed E-state index contributed by atoms with van der Waals surface area (Å²) in [5.74, 6) is -1.35. The molecule has 2 aromatic carbocycles. The Labute approximate surface area is 225 Å². The van der Waals surface area contributed by atoms with E-state index in [2.05, 4.69) is 10.5 Å². The zero-order valence-corrected chi connectivity index (χ0v) is 21.5. The average Bonchev–Trinajstić information content (AvgIpc) is 2.90. The largest absolute Gasteiger partial charge is 0.393 e. The van der Waals surface area contributed by atoms with Gasteiger partial charge in [0.25, 0.3) is 11.8 Å². The van der Waals surface area contributed by atoms with Crippen molar-refractivity contribution in [1.82, 2.24) is 15.4 Å². The molecule has 5 rings (SSSR count). The molecular weight excluding hydrogens is 513 g/mol. The highest BCUT2D eigenvalue weighted by Crippen LogP contribution is 2.47. The maximum absolute atomic E-state index is 13.9. The summed E-state index contributed by atoms with van der Waals surface area (Å²) in [6, 6.07) is 16.9. The second-order valence-electron chi connectivity index (χ2n) is 9.43. The van der Waals surface area contributed by atoms with Crippen LogP contribution in [0.15, 0.2) is 66.9 Å². The third kappa shape index (κ3) is 5.36. The monoisotopic (exact) mass is 539 g/mol. The van der Waals surface area contributed by atoms with Gasteiger partial charge in [-0.3, -0.25) is 19.4 Å². The lowest BCUT2D eigenvalue weighted by molar-refractivity contribution is -0.138. The van der Waals surface area contributed by atoms with Gasteiger partial charge in [0.1, 0.15) is 6.61 Å². The number of rotatable bonds is 6. The minimum absolute atomic E-state index is 0.0937. The van der Waals surface area contributed by atoms with E-state index in [1.807, 2.05) is 12.1 Å². The maximum atomic E-state index is 13.9. The number of benzene rings is 2. The van der Waals surface area contributed by atoms with E-state index in [1.165, 1.54) is 0 Å². The van der Waals surface area contributed by atoms with Gasteiger partial charge in [0.2, 0.25) is 0 Å². The van der Waals surface area contributed by atoms with Gasteiger partial charge in [-0.1, -0.05) is 53.5 Å². The van der Waals surface area contributed by atoms with Gasteiger partial charge in [0.05, 0.1) is 23.8 Å². The molecule has 0 radical (unpaired) electrons. The number of halogens is 2. The molecular formula is C28H27Cl2N3O4. The quantitative estimate of drug-likeness (QED) is 0.419. The Balaban J connectivity index is 1.55. The van der Waals surface area contributed by atoms with E-state index >= 15 is 0 Å². The van der Waals surface area contributed by atoms with Crippen molar-refractivity contribution in [2.45, 2.75) is 56.4 Å². The summed E-state index contributed by atoms with van der Waals surface area (Å²) >= 11 is 12.9. The fourth-order valence-corrected chi connectivity index (χ4v) is 5.89. The van der Waals surface area contributed by atoms with Gasteiger partial charge in [-0.2, -0.15) is 0 Å². The van der Waals surface area contributed by atoms with E-state index in [1.54, 1.807) is 59.6 Å². The van der Waals surface area contributed by atoms with Gasteiger partial charge in [0.15, 0.2) is 0 Å². The van der Waals surface area contributed by atoms with E-state index in [4.69, 9.17) is 28.0 Å². The smallest absolute Gasteiger partial charge is 0.254 e. The van der Waals surface area contributed by atoms with Gasteiger partial charge in [-0.05, 0) is 67.1 Å². The summed E-state index contributed by atoms with van der Waals surface area (Å²) in [6.45, 7) is 0.0937. The number of amides is 2. The summed E-state index contributed by atoms with van der Waals surface area (Å²) in [6.07, 6.45) is 3.69. The van der Waals surface area contributed by atoms with Gasteiger partial charge in [-0.25, -0.2) is 5.48 Å². The molecule has 1 aliphatic heterocycles. The van der Waals surface area contributed by atoms with Crippen LogP contribution >= 0.6 is 23.2 Å². The number of hydrogen-bond acceptors (Lipinski definition) is 5. The zero-order chi connectivity index (χ0) is 25.9. The lowest BCUT2D eigenvalue weighted by Gasteiger charge is -2.47. The number of fused-ring (bicyclic) bond motifs is 1. The van der Waals surface area contributed by atoms with Crippen LogP contribution in [-0.2, 0) is 16.2 Å². The van der Waals surface area contributed by atoms with Crippen molar-refractivity contribution in [1.29, 1.82) is 0 Å². The highest BCUT2D eigenvalue weighted by Gasteiger charge is 2.47. The predicted molar refractivity (Wildman–Crippen MR) is 140 cm³/mol. The number of carbonyl (C=O) groups excluding carboxylic acids is 2. The van der Waals surface area contributed by atoms with Crippen molar-refractivity contribution >= 4 is 35.0 Å². The Morgan fingerprint density at radius 1 is 1.03 bits per heavy atom. The lowest BCUT2D eigenvalue weighted by atomic mass is 9.77. The van der Waals surface area contributed by atoms with Crippen molar-refractivity contribution in [3.8, 4) is 0 Å². The minimum atomic E-state index is -0.789. The molecule has 0 bridgehead atoms. The second kappa shape index (κ2) is 11.2. The van der Waals surface area contributed by atoms with Gasteiger partial charge in [0, 0.05) is 27.8 Å². The van der Waals surface area contributed by atoms with Gasteiger partial charge < -0.3 is 10.0 Å². The highest BCUT2D eigenvalue weighted by molar-refractivity contribution is 6.35. The number of aliphatic hydroxyl groups excluding tert-OH is 1. The first-order valence-corrected chi connectivity index (χ1v) is 13.1. The Morgan fingerprint density at radius 3 is 2.51 bits per heavy atom. The molecule has 0 unspecified atom stereocenters. The molecule has 2 heterocycles. The summed E-state index contributed by atoms with van der Waals surface area (Å²) in [4.78, 5) is 39.3. The topological polar surface area (TPSA) is 91.8 Å². The number of aliphatic hydroxyl groups is 1. The molecule has 9 heteroatoms. The molecule has 0 saturated heterocycles. The number of hydroxylamine groups is 1. The van der Waals surface area contributed by atoms with Crippen LogP contribution in [0, 0.1) is 0 Å². The fraction of sp³-hybridized carbons (Fsp3) is 0.321. The molecule has 2 N–H and O–H groups in total. The second-order valence-corrected chi connectivity index (χ2v) is 10.3. The van der Waals surface area contributed by atoms with Crippen molar-refractivity contribution in [3.63, 3.8) is 0 Å². The number of pyridine rings is 1. The first-order chi connectivity index (χ1) is 17.9. The van der Waals surface area contributed by atoms with Crippen LogP contribution in [0.25, 0.3) is 0 Å². The molecule has 2 aliphatic rings. The van der Waals surface area contributed by atoms with Crippen LogP contribution in [0.4, 0.5) is 0 Å². The summed E-state index contributed by atoms with van der Waals surface area (Å²) in [7, 11) is 0. The number of hydrogen-bond donors (Lipinski definition) is 2. The molecule has 3 aromatic rings. The van der Waals surface area contributed by atoms with Gasteiger partial charge in [-0.15, -0.1) is 0 Å². The van der Waals surface area contributed by atoms with E-state index in [0.717, 1.165) is 0 Å². The third-order valence-corrected chi connectivity index (χ3v) is 7.68. The third-order valence-electron chi connectivity index (χ3n) is 7.12. The van der Waals surface area contributed by atoms with Crippen LogP contribution < -0.4 is 5.48 Å². The van der Waals surface area contributed by atoms with Crippen LogP contribution in [-0.4, -0.2) is 39.0 Å². The van der Waals surface area contributed by atoms with Gasteiger partial charge >= 0.3 is 0 Å². The van der Waals surface area contributed by atoms with E-state index < -0.39 is 17.9 Å². The van der Waals surface area contributed by atoms with E-state index in [0.29, 0.717) is 58.1 Å². The van der Waals surface area contributed by atoms with Crippen LogP contribution in [0.3, 0.4) is 0 Å². The number of nitrogens with zero attached hydrogens (tertiary/aromatic N) is 2. The number of aromatic nitrogens is 1. The number of carbonyl (C=O) groups is 2. The Bertz CT molecular complexity index is 1280. The lowest BCUT2D eigenvalue weighted by Crippen LogP contribution is -2.52. The maximum Gasteiger partial charge on any atom is 0.254 e. The molecule has 2 amide bonds. The first kappa shape index (κ1) is 25.7. The normalized spacial score (nSPS) is 23.4.